The third-order valence-corrected chi connectivity index (χ3v) is 27.2. The average Bonchev–Trinajstić information content (AvgIpc) is 1.36. The number of ether oxygens (including phenoxy) is 9. The summed E-state index contributed by atoms with van der Waals surface area (Å²) < 4.78 is 60.6. The monoisotopic (exact) mass is 1400 g/mol. The molecule has 0 amide bonds. The van der Waals surface area contributed by atoms with Crippen molar-refractivity contribution in [2.75, 3.05) is 26.4 Å². The van der Waals surface area contributed by atoms with Crippen LogP contribution in [-0.4, -0.2) is 166 Å². The van der Waals surface area contributed by atoms with Crippen molar-refractivity contribution in [1.29, 1.82) is 0 Å². The Morgan fingerprint density at radius 3 is 1.07 bits per heavy atom. The van der Waals surface area contributed by atoms with Crippen LogP contribution in [0.15, 0.2) is 56.2 Å². The van der Waals surface area contributed by atoms with Gasteiger partial charge in [0, 0.05) is 124 Å². The predicted octanol–water partition coefficient (Wildman–Crippen LogP) is 10.9. The van der Waals surface area contributed by atoms with E-state index in [4.69, 9.17) is 42.6 Å². The number of imidazole rings is 3. The lowest BCUT2D eigenvalue weighted by Gasteiger charge is -2.54. The summed E-state index contributed by atoms with van der Waals surface area (Å²) in [6, 6.07) is -0.190. The Bertz CT molecular complexity index is 3320. The Balaban J connectivity index is 0.000000104. The summed E-state index contributed by atoms with van der Waals surface area (Å²) in [7, 11) is 0. The maximum atomic E-state index is 13.9. The van der Waals surface area contributed by atoms with Gasteiger partial charge in [-0.2, -0.15) is 0 Å². The number of carboxylic acid groups (broad SMARTS) is 1. The Morgan fingerprint density at radius 1 is 0.416 bits per heavy atom. The molecule has 4 saturated heterocycles. The van der Waals surface area contributed by atoms with E-state index < -0.39 is 52.2 Å². The maximum Gasteiger partial charge on any atom is 0.338 e. The molecule has 7 heterocycles. The summed E-state index contributed by atoms with van der Waals surface area (Å²) in [4.78, 5) is 97.3. The zero-order valence-corrected chi connectivity index (χ0v) is 58.5. The molecule has 4 aliphatic heterocycles. The molecule has 20 aliphatic rings. The Labute approximate surface area is 590 Å². The van der Waals surface area contributed by atoms with E-state index in [-0.39, 0.29) is 83.2 Å². The molecule has 16 saturated carbocycles. The van der Waals surface area contributed by atoms with Crippen LogP contribution in [0, 0.1) is 69.5 Å². The van der Waals surface area contributed by atoms with Crippen molar-refractivity contribution in [3.8, 4) is 0 Å². The maximum absolute atomic E-state index is 13.9. The van der Waals surface area contributed by atoms with Crippen molar-refractivity contribution in [3.05, 3.63) is 56.2 Å². The fourth-order valence-corrected chi connectivity index (χ4v) is 22.8. The lowest BCUT2D eigenvalue weighted by Crippen LogP contribution is -2.56. The highest BCUT2D eigenvalue weighted by molar-refractivity contribution is 5.93. The molecule has 10 unspecified atom stereocenters. The second-order valence-corrected chi connectivity index (χ2v) is 34.0. The van der Waals surface area contributed by atoms with E-state index in [1.807, 2.05) is 0 Å². The van der Waals surface area contributed by atoms with E-state index in [9.17, 15) is 43.8 Å². The number of nitrogens with zero attached hydrogens (tertiary/aromatic N) is 6. The first kappa shape index (κ1) is 69.9. The van der Waals surface area contributed by atoms with E-state index in [2.05, 4.69) is 15.0 Å². The number of aliphatic carboxylic acids is 1. The van der Waals surface area contributed by atoms with Gasteiger partial charge in [-0.15, -0.1) is 0 Å². The third-order valence-electron chi connectivity index (χ3n) is 27.2. The molecule has 23 rings (SSSR count). The number of carboxylic acids is 1. The molecule has 24 heteroatoms. The van der Waals surface area contributed by atoms with Gasteiger partial charge in [0.15, 0.2) is 29.3 Å². The molecular formula is C77H104N6O18. The van der Waals surface area contributed by atoms with Crippen LogP contribution in [-0.2, 0) is 66.6 Å². The molecule has 20 fully saturated rings. The summed E-state index contributed by atoms with van der Waals surface area (Å²) in [5.41, 5.74) is -1.32. The van der Waals surface area contributed by atoms with Gasteiger partial charge in [0.05, 0.1) is 42.7 Å². The minimum atomic E-state index is -0.664. The van der Waals surface area contributed by atoms with E-state index in [1.165, 1.54) is 47.5 Å². The zero-order chi connectivity index (χ0) is 69.4. The highest BCUT2D eigenvalue weighted by Crippen LogP contribution is 2.62. The van der Waals surface area contributed by atoms with Crippen molar-refractivity contribution in [3.63, 3.8) is 0 Å². The lowest BCUT2D eigenvalue weighted by molar-refractivity contribution is -0.228. The van der Waals surface area contributed by atoms with Crippen LogP contribution in [0.2, 0.25) is 0 Å². The van der Waals surface area contributed by atoms with Crippen LogP contribution in [0.4, 0.5) is 4.79 Å². The van der Waals surface area contributed by atoms with Gasteiger partial charge in [0.1, 0.15) is 66.9 Å². The van der Waals surface area contributed by atoms with Gasteiger partial charge < -0.3 is 52.8 Å². The predicted molar refractivity (Wildman–Crippen MR) is 357 cm³/mol. The molecule has 3 aromatic heterocycles. The first-order valence-electron chi connectivity index (χ1n) is 38.9. The van der Waals surface area contributed by atoms with Crippen LogP contribution >= 0.6 is 0 Å². The topological polar surface area (TPSA) is 296 Å². The molecule has 24 nitrogen and oxygen atoms in total. The van der Waals surface area contributed by atoms with Crippen LogP contribution in [0.25, 0.3) is 0 Å². The highest BCUT2D eigenvalue weighted by atomic mass is 16.8. The SMILES string of the molecule is O=C(n1ccnc1)n1ccnc1.O=C1C2CC3CC1CC(C(=O)O)(C3)C2.O=C1C2CC3CC1CC(C(=O)OC(C1COC4(CCCCC4)O1)C1COC4(CCCCC4)O1)(C3)C2.O=C1C2CC3CC1CC(C(=O)n1ccnc1)(C3)C2.OC(C1COC2(CCCCC2)O1)C1COC2(CCCCC2)O1. The minimum Gasteiger partial charge on any atom is -0.481 e. The number of hydrogen-bond donors (Lipinski definition) is 2. The fourth-order valence-electron chi connectivity index (χ4n) is 22.8. The quantitative estimate of drug-likeness (QED) is 0.198. The molecule has 12 bridgehead atoms. The van der Waals surface area contributed by atoms with Gasteiger partial charge in [0.2, 0.25) is 5.91 Å². The molecule has 2 N–H and O–H groups in total. The van der Waals surface area contributed by atoms with Gasteiger partial charge in [-0.25, -0.2) is 19.7 Å². The number of carbonyl (C=O) groups excluding carboxylic acids is 6. The summed E-state index contributed by atoms with van der Waals surface area (Å²) in [5, 5.41) is 19.9. The molecular weight excluding hydrogens is 1300 g/mol. The number of hydrogen-bond acceptors (Lipinski definition) is 20. The van der Waals surface area contributed by atoms with E-state index in [1.54, 1.807) is 48.1 Å². The second-order valence-electron chi connectivity index (χ2n) is 34.0. The number of aromatic nitrogens is 6. The smallest absolute Gasteiger partial charge is 0.338 e. The van der Waals surface area contributed by atoms with Crippen molar-refractivity contribution in [1.82, 2.24) is 28.7 Å². The summed E-state index contributed by atoms with van der Waals surface area (Å²) >= 11 is 0. The standard InChI is InChI=1S/C28H40O7.C17H28O5.C14H16N2O2.C11H14O3.C7H6N4O/c29-23-19-11-18-12-20(23)15-26(13-18,14-19)25(30)33-24(21-16-31-27(34-21)7-3-1-4-8-27)22-17-32-28(35-22)9-5-2-6-10-28;18-15(13-11-19-16(21-13)7-3-1-4-8-16)14-12-20-17(22-14)9-5-2-6-10-17;17-12-10-3-9-4-11(12)7-14(5-9,6-10)13(18)16-2-1-15-8-16;12-9-7-1-6-2-8(9)5-11(3-6,4-7)10(13)14;12-7(10-3-1-8-5-10)11-4-2-9-6-11/h18-22,24H,1-17H2;13-15,18H,1-12H2;1-2,8-11H,3-7H2;6-8H,1-5H2,(H,13,14);1-6H. The van der Waals surface area contributed by atoms with Crippen LogP contribution in [0.1, 0.15) is 230 Å². The van der Waals surface area contributed by atoms with Gasteiger partial charge in [0.25, 0.3) is 0 Å². The van der Waals surface area contributed by atoms with Crippen LogP contribution in [0.3, 0.4) is 0 Å². The van der Waals surface area contributed by atoms with Crippen molar-refractivity contribution in [2.24, 2.45) is 69.5 Å². The minimum absolute atomic E-state index is 0.0420. The van der Waals surface area contributed by atoms with E-state index >= 15 is 0 Å². The number of carbonyl (C=O) groups is 7. The van der Waals surface area contributed by atoms with Crippen molar-refractivity contribution in [2.45, 2.75) is 285 Å². The summed E-state index contributed by atoms with van der Waals surface area (Å²) in [5.74, 6) is 0.717. The number of rotatable bonds is 8. The lowest BCUT2D eigenvalue weighted by atomic mass is 9.49. The zero-order valence-electron chi connectivity index (χ0n) is 58.5. The molecule has 3 aromatic rings. The molecule has 101 heavy (non-hydrogen) atoms. The number of esters is 1. The number of ketones is 3. The molecule has 0 aromatic carbocycles. The van der Waals surface area contributed by atoms with Gasteiger partial charge in [-0.3, -0.25) is 42.5 Å². The largest absolute Gasteiger partial charge is 0.481 e. The second kappa shape index (κ2) is 28.1. The van der Waals surface area contributed by atoms with Crippen LogP contribution in [0.5, 0.6) is 0 Å². The molecule has 4 spiro atoms. The van der Waals surface area contributed by atoms with Crippen molar-refractivity contribution < 1.29 is 86.4 Å². The average molecular weight is 1400 g/mol. The molecule has 0 radical (unpaired) electrons. The number of aliphatic hydroxyl groups excluding tert-OH is 1. The Morgan fingerprint density at radius 2 is 0.723 bits per heavy atom. The van der Waals surface area contributed by atoms with E-state index in [0.29, 0.717) is 87.2 Å². The molecule has 550 valence electrons. The third kappa shape index (κ3) is 13.8. The molecule has 10 atom stereocenters. The van der Waals surface area contributed by atoms with Gasteiger partial charge in [-0.05, 0) is 165 Å². The summed E-state index contributed by atoms with van der Waals surface area (Å²) in [6.07, 6.45) is 45.6. The number of aliphatic hydroxyl groups is 1. The first-order chi connectivity index (χ1) is 48.8. The fraction of sp³-hybridized carbons (Fsp3) is 0.792. The Kier molecular flexibility index (Phi) is 19.5. The van der Waals surface area contributed by atoms with Gasteiger partial charge >= 0.3 is 18.0 Å². The van der Waals surface area contributed by atoms with E-state index in [0.717, 1.165) is 173 Å². The summed E-state index contributed by atoms with van der Waals surface area (Å²) in [6.45, 7) is 1.77. The van der Waals surface area contributed by atoms with Crippen LogP contribution < -0.4 is 0 Å². The first-order valence-corrected chi connectivity index (χ1v) is 38.9. The highest BCUT2D eigenvalue weighted by Gasteiger charge is 2.63. The molecule has 16 aliphatic carbocycles. The van der Waals surface area contributed by atoms with Crippen molar-refractivity contribution >= 4 is 41.2 Å². The van der Waals surface area contributed by atoms with Gasteiger partial charge in [-0.1, -0.05) is 25.7 Å². The Hall–Kier alpha value is -5.44. The normalized spacial score (nSPS) is 39.2. The number of Topliss-reactive ketones (excluding diaryl/α,β-unsaturated/α-hetero) is 3.